The Kier molecular flexibility index (Phi) is 2.82. The predicted octanol–water partition coefficient (Wildman–Crippen LogP) is 0.287. The predicted molar refractivity (Wildman–Crippen MR) is 63.5 cm³/mol. The molecule has 1 amide bonds. The number of piperidine rings is 1. The first kappa shape index (κ1) is 11.9. The largest absolute Gasteiger partial charge is 0.390 e. The molecule has 1 aliphatic heterocycles. The van der Waals surface area contributed by atoms with Crippen molar-refractivity contribution in [2.24, 2.45) is 0 Å². The lowest BCUT2D eigenvalue weighted by molar-refractivity contribution is -0.00200. The molecule has 1 aliphatic rings. The molecule has 0 aromatic carbocycles. The van der Waals surface area contributed by atoms with Crippen LogP contribution in [-0.4, -0.2) is 44.8 Å². The van der Waals surface area contributed by atoms with E-state index in [1.165, 1.54) is 0 Å². The summed E-state index contributed by atoms with van der Waals surface area (Å²) in [6.45, 7) is 4.68. The summed E-state index contributed by atoms with van der Waals surface area (Å²) >= 11 is 0. The number of hydrogen-bond acceptors (Lipinski definition) is 4. The lowest BCUT2D eigenvalue weighted by atomic mass is 9.93. The molecule has 2 rings (SSSR count). The highest BCUT2D eigenvalue weighted by Crippen LogP contribution is 2.24. The number of hydrogen-bond donors (Lipinski definition) is 3. The van der Waals surface area contributed by atoms with Crippen molar-refractivity contribution in [3.05, 3.63) is 11.3 Å². The summed E-state index contributed by atoms with van der Waals surface area (Å²) in [5.41, 5.74) is 6.14. The van der Waals surface area contributed by atoms with Gasteiger partial charge in [0.05, 0.1) is 5.60 Å². The zero-order valence-corrected chi connectivity index (χ0v) is 10.2. The maximum absolute atomic E-state index is 12.2. The minimum Gasteiger partial charge on any atom is -0.390 e. The fourth-order valence-electron chi connectivity index (χ4n) is 2.07. The number of likely N-dealkylation sites (tertiary alicyclic amines) is 1. The quantitative estimate of drug-likeness (QED) is 0.655. The van der Waals surface area contributed by atoms with Crippen molar-refractivity contribution < 1.29 is 9.90 Å². The minimum absolute atomic E-state index is 0.107. The molecule has 0 bridgehead atoms. The van der Waals surface area contributed by atoms with E-state index in [1.54, 1.807) is 18.7 Å². The maximum atomic E-state index is 12.2. The first-order valence-electron chi connectivity index (χ1n) is 5.73. The van der Waals surface area contributed by atoms with E-state index in [0.717, 1.165) is 0 Å². The third-order valence-electron chi connectivity index (χ3n) is 3.32. The van der Waals surface area contributed by atoms with Gasteiger partial charge in [0.25, 0.3) is 5.91 Å². The van der Waals surface area contributed by atoms with Crippen LogP contribution >= 0.6 is 0 Å². The van der Waals surface area contributed by atoms with Gasteiger partial charge in [0.2, 0.25) is 0 Å². The van der Waals surface area contributed by atoms with Gasteiger partial charge in [0, 0.05) is 18.8 Å². The van der Waals surface area contributed by atoms with E-state index < -0.39 is 5.60 Å². The molecule has 94 valence electrons. The second-order valence-corrected chi connectivity index (χ2v) is 4.90. The smallest absolute Gasteiger partial charge is 0.259 e. The Hall–Kier alpha value is -1.56. The van der Waals surface area contributed by atoms with Crippen molar-refractivity contribution in [1.29, 1.82) is 0 Å². The fraction of sp³-hybridized carbons (Fsp3) is 0.636. The number of nitrogens with zero attached hydrogens (tertiary/aromatic N) is 2. The summed E-state index contributed by atoms with van der Waals surface area (Å²) in [5, 5.41) is 16.4. The maximum Gasteiger partial charge on any atom is 0.259 e. The van der Waals surface area contributed by atoms with E-state index in [1.807, 2.05) is 0 Å². The van der Waals surface area contributed by atoms with E-state index >= 15 is 0 Å². The van der Waals surface area contributed by atoms with Crippen LogP contribution < -0.4 is 5.73 Å². The number of rotatable bonds is 1. The topological polar surface area (TPSA) is 95.2 Å². The van der Waals surface area contributed by atoms with Gasteiger partial charge in [0.1, 0.15) is 5.56 Å². The molecule has 0 aliphatic carbocycles. The molecule has 1 aromatic heterocycles. The third-order valence-corrected chi connectivity index (χ3v) is 3.32. The van der Waals surface area contributed by atoms with Gasteiger partial charge in [-0.05, 0) is 26.7 Å². The highest BCUT2D eigenvalue weighted by molar-refractivity contribution is 5.99. The van der Waals surface area contributed by atoms with E-state index in [2.05, 4.69) is 10.2 Å². The van der Waals surface area contributed by atoms with Gasteiger partial charge in [-0.25, -0.2) is 0 Å². The molecule has 17 heavy (non-hydrogen) atoms. The fourth-order valence-corrected chi connectivity index (χ4v) is 2.07. The van der Waals surface area contributed by atoms with Crippen molar-refractivity contribution in [2.75, 3.05) is 18.8 Å². The SMILES string of the molecule is Cc1[nH]nc(N)c1C(=O)N1CCC(C)(O)CC1. The Morgan fingerprint density at radius 3 is 2.59 bits per heavy atom. The van der Waals surface area contributed by atoms with Crippen molar-refractivity contribution >= 4 is 11.7 Å². The van der Waals surface area contributed by atoms with Gasteiger partial charge in [-0.15, -0.1) is 0 Å². The standard InChI is InChI=1S/C11H18N4O2/c1-7-8(9(12)14-13-7)10(16)15-5-3-11(2,17)4-6-15/h17H,3-6H2,1-2H3,(H3,12,13,14). The molecule has 0 atom stereocenters. The second kappa shape index (κ2) is 4.03. The third kappa shape index (κ3) is 2.26. The molecule has 0 spiro atoms. The van der Waals surface area contributed by atoms with Crippen LogP contribution in [-0.2, 0) is 0 Å². The monoisotopic (exact) mass is 238 g/mol. The van der Waals surface area contributed by atoms with Crippen LogP contribution in [0.5, 0.6) is 0 Å². The highest BCUT2D eigenvalue weighted by Gasteiger charge is 2.31. The molecule has 6 nitrogen and oxygen atoms in total. The number of carbonyl (C=O) groups is 1. The molecular weight excluding hydrogens is 220 g/mol. The Bertz CT molecular complexity index is 409. The normalized spacial score (nSPS) is 19.4. The average molecular weight is 238 g/mol. The summed E-state index contributed by atoms with van der Waals surface area (Å²) < 4.78 is 0. The van der Waals surface area contributed by atoms with Crippen LogP contribution in [0.25, 0.3) is 0 Å². The molecule has 1 saturated heterocycles. The number of aryl methyl sites for hydroxylation is 1. The molecule has 0 unspecified atom stereocenters. The van der Waals surface area contributed by atoms with Crippen molar-refractivity contribution in [3.8, 4) is 0 Å². The van der Waals surface area contributed by atoms with Gasteiger partial charge < -0.3 is 15.7 Å². The Morgan fingerprint density at radius 1 is 1.53 bits per heavy atom. The van der Waals surface area contributed by atoms with Gasteiger partial charge in [-0.3, -0.25) is 9.89 Å². The van der Waals surface area contributed by atoms with Crippen LogP contribution in [0.4, 0.5) is 5.82 Å². The Morgan fingerprint density at radius 2 is 2.12 bits per heavy atom. The number of anilines is 1. The van der Waals surface area contributed by atoms with Crippen LogP contribution in [0.15, 0.2) is 0 Å². The number of nitrogens with one attached hydrogen (secondary N) is 1. The van der Waals surface area contributed by atoms with E-state index in [0.29, 0.717) is 37.2 Å². The number of aromatic amines is 1. The van der Waals surface area contributed by atoms with Crippen molar-refractivity contribution in [1.82, 2.24) is 15.1 Å². The number of H-pyrrole nitrogens is 1. The van der Waals surface area contributed by atoms with Crippen molar-refractivity contribution in [3.63, 3.8) is 0 Å². The van der Waals surface area contributed by atoms with E-state index in [-0.39, 0.29) is 11.7 Å². The lowest BCUT2D eigenvalue weighted by Crippen LogP contribution is -2.45. The number of nitrogens with two attached hydrogens (primary N) is 1. The molecular formula is C11H18N4O2. The van der Waals surface area contributed by atoms with E-state index in [9.17, 15) is 9.90 Å². The number of aliphatic hydroxyl groups is 1. The van der Waals surface area contributed by atoms with E-state index in [4.69, 9.17) is 5.73 Å². The highest BCUT2D eigenvalue weighted by atomic mass is 16.3. The first-order valence-corrected chi connectivity index (χ1v) is 5.73. The van der Waals surface area contributed by atoms with Gasteiger partial charge >= 0.3 is 0 Å². The van der Waals surface area contributed by atoms with Crippen molar-refractivity contribution in [2.45, 2.75) is 32.3 Å². The molecule has 2 heterocycles. The summed E-state index contributed by atoms with van der Waals surface area (Å²) in [6, 6.07) is 0. The van der Waals surface area contributed by atoms with Crippen LogP contribution in [0.1, 0.15) is 35.8 Å². The van der Waals surface area contributed by atoms with Gasteiger partial charge in [-0.1, -0.05) is 0 Å². The number of aromatic nitrogens is 2. The second-order valence-electron chi connectivity index (χ2n) is 4.90. The molecule has 4 N–H and O–H groups in total. The molecule has 0 saturated carbocycles. The average Bonchev–Trinajstić information content (AvgIpc) is 2.58. The number of nitrogen functional groups attached to an aromatic ring is 1. The first-order chi connectivity index (χ1) is 7.91. The Labute approximate surface area is 99.8 Å². The minimum atomic E-state index is -0.659. The summed E-state index contributed by atoms with van der Waals surface area (Å²) in [6.07, 6.45) is 1.19. The summed E-state index contributed by atoms with van der Waals surface area (Å²) in [7, 11) is 0. The van der Waals surface area contributed by atoms with Gasteiger partial charge in [-0.2, -0.15) is 5.10 Å². The van der Waals surface area contributed by atoms with Crippen LogP contribution in [0, 0.1) is 6.92 Å². The van der Waals surface area contributed by atoms with Crippen LogP contribution in [0.3, 0.4) is 0 Å². The zero-order chi connectivity index (χ0) is 12.6. The summed E-state index contributed by atoms with van der Waals surface area (Å²) in [4.78, 5) is 13.9. The van der Waals surface area contributed by atoms with Crippen LogP contribution in [0.2, 0.25) is 0 Å². The number of carbonyl (C=O) groups excluding carboxylic acids is 1. The zero-order valence-electron chi connectivity index (χ0n) is 10.2. The lowest BCUT2D eigenvalue weighted by Gasteiger charge is -2.35. The van der Waals surface area contributed by atoms with Gasteiger partial charge in [0.15, 0.2) is 5.82 Å². The summed E-state index contributed by atoms with van der Waals surface area (Å²) in [5.74, 6) is 0.133. The molecule has 6 heteroatoms. The molecule has 1 fully saturated rings. The molecule has 0 radical (unpaired) electrons. The molecule has 1 aromatic rings. The number of amides is 1. The Balaban J connectivity index is 2.12.